The molecule has 0 saturated heterocycles. The van der Waals surface area contributed by atoms with E-state index in [-0.39, 0.29) is 30.0 Å². The van der Waals surface area contributed by atoms with Gasteiger partial charge >= 0.3 is 0 Å². The maximum Gasteiger partial charge on any atom is 0.144 e. The van der Waals surface area contributed by atoms with Crippen molar-refractivity contribution in [3.63, 3.8) is 0 Å². The van der Waals surface area contributed by atoms with Gasteiger partial charge in [0.05, 0.1) is 11.2 Å². The maximum atomic E-state index is 8.18. The summed E-state index contributed by atoms with van der Waals surface area (Å²) >= 11 is 1.67. The van der Waals surface area contributed by atoms with Crippen LogP contribution in [0.5, 0.6) is 0 Å². The van der Waals surface area contributed by atoms with E-state index in [1.165, 1.54) is 4.70 Å². The molecule has 5 aromatic rings. The quantitative estimate of drug-likeness (QED) is 0.387. The van der Waals surface area contributed by atoms with E-state index in [0.717, 1.165) is 21.7 Å². The second-order valence-electron chi connectivity index (χ2n) is 5.04. The van der Waals surface area contributed by atoms with E-state index in [0.29, 0.717) is 11.1 Å². The molecular weight excluding hydrogens is 290 g/mol. The molecule has 0 N–H and O–H groups in total. The molecule has 0 radical (unpaired) electrons. The minimum atomic E-state index is -0.337. The zero-order chi connectivity index (χ0) is 18.0. The van der Waals surface area contributed by atoms with E-state index in [9.17, 15) is 0 Å². The molecule has 104 valence electrons. The average Bonchev–Trinajstić information content (AvgIpc) is 3.24. The van der Waals surface area contributed by atoms with Crippen molar-refractivity contribution < 1.29 is 9.90 Å². The van der Waals surface area contributed by atoms with Crippen molar-refractivity contribution in [2.24, 2.45) is 0 Å². The first-order valence-corrected chi connectivity index (χ1v) is 7.70. The van der Waals surface area contributed by atoms with Crippen LogP contribution in [0.1, 0.15) is 5.48 Å². The van der Waals surface area contributed by atoms with Gasteiger partial charge in [-0.3, -0.25) is 4.98 Å². The van der Waals surface area contributed by atoms with Crippen LogP contribution in [0, 0.1) is 0 Å². The molecule has 2 aromatic carbocycles. The number of nitrogens with zero attached hydrogens (tertiary/aromatic N) is 1. The van der Waals surface area contributed by atoms with Crippen molar-refractivity contribution in [2.45, 2.75) is 0 Å². The maximum absolute atomic E-state index is 8.18. The summed E-state index contributed by atoms with van der Waals surface area (Å²) in [6.45, 7) is 0. The monoisotopic (exact) mass is 305 g/mol. The normalized spacial score (nSPS) is 14.2. The van der Waals surface area contributed by atoms with Gasteiger partial charge in [0.2, 0.25) is 0 Å². The third-order valence-electron chi connectivity index (χ3n) is 3.79. The van der Waals surface area contributed by atoms with Gasteiger partial charge in [-0.15, -0.1) is 11.3 Å². The zero-order valence-electron chi connectivity index (χ0n) is 15.3. The number of hydrogen-bond donors (Lipinski definition) is 0. The summed E-state index contributed by atoms with van der Waals surface area (Å²) in [7, 11) is 0. The van der Waals surface area contributed by atoms with E-state index in [1.54, 1.807) is 17.4 Å². The predicted octanol–water partition coefficient (Wildman–Crippen LogP) is 5.86. The summed E-state index contributed by atoms with van der Waals surface area (Å²) in [6, 6.07) is 10.9. The van der Waals surface area contributed by atoms with Gasteiger partial charge in [0.15, 0.2) is 0 Å². The third kappa shape index (κ3) is 1.63. The highest BCUT2D eigenvalue weighted by Crippen LogP contribution is 2.37. The van der Waals surface area contributed by atoms with Gasteiger partial charge in [0, 0.05) is 27.2 Å². The van der Waals surface area contributed by atoms with E-state index in [4.69, 9.17) is 9.90 Å². The van der Waals surface area contributed by atoms with Crippen molar-refractivity contribution in [1.82, 2.24) is 4.98 Å². The van der Waals surface area contributed by atoms with Crippen LogP contribution >= 0.6 is 11.3 Å². The Labute approximate surface area is 136 Å². The minimum absolute atomic E-state index is 0.167. The van der Waals surface area contributed by atoms with Gasteiger partial charge in [0.25, 0.3) is 0 Å². The summed E-state index contributed by atoms with van der Waals surface area (Å²) in [5.41, 5.74) is 2.09. The van der Waals surface area contributed by atoms with Gasteiger partial charge < -0.3 is 4.42 Å². The van der Waals surface area contributed by atoms with Gasteiger partial charge in [-0.1, -0.05) is 18.2 Å². The van der Waals surface area contributed by atoms with Crippen LogP contribution in [0.25, 0.3) is 43.3 Å². The molecule has 2 nitrogen and oxygen atoms in total. The minimum Gasteiger partial charge on any atom is -0.455 e. The standard InChI is InChI=1S/C19H11NOS/c1-2-8-20-16(6-1)14-5-3-4-13-15-11-18-12(7-9-22-18)10-17(15)21-19(13)14/h1-11H/i1D,2D,6D,8D. The number of rotatable bonds is 1. The Balaban J connectivity index is 1.88. The Hall–Kier alpha value is -2.65. The Morgan fingerprint density at radius 1 is 1.09 bits per heavy atom. The van der Waals surface area contributed by atoms with Crippen LogP contribution in [-0.4, -0.2) is 4.98 Å². The fourth-order valence-corrected chi connectivity index (χ4v) is 3.61. The van der Waals surface area contributed by atoms with Crippen LogP contribution in [0.15, 0.2) is 70.5 Å². The summed E-state index contributed by atoms with van der Waals surface area (Å²) in [6.07, 6.45) is -0.311. The summed E-state index contributed by atoms with van der Waals surface area (Å²) in [5, 5.41) is 5.05. The highest BCUT2D eigenvalue weighted by Gasteiger charge is 2.13. The molecular formula is C19H11NOS. The number of furan rings is 1. The molecule has 3 heteroatoms. The fourth-order valence-electron chi connectivity index (χ4n) is 2.80. The van der Waals surface area contributed by atoms with Crippen LogP contribution < -0.4 is 0 Å². The lowest BCUT2D eigenvalue weighted by atomic mass is 10.1. The SMILES string of the molecule is [2H]c1nc(-c2cccc3c2oc2cc4ccsc4cc23)c([2H])c([2H])c1[2H]. The van der Waals surface area contributed by atoms with Crippen molar-refractivity contribution in [3.8, 4) is 11.3 Å². The lowest BCUT2D eigenvalue weighted by Gasteiger charge is -2.00. The van der Waals surface area contributed by atoms with E-state index >= 15 is 0 Å². The summed E-state index contributed by atoms with van der Waals surface area (Å²) in [4.78, 5) is 4.08. The number of fused-ring (bicyclic) bond motifs is 4. The fraction of sp³-hybridized carbons (Fsp3) is 0. The highest BCUT2D eigenvalue weighted by molar-refractivity contribution is 7.17. The second kappa shape index (κ2) is 4.42. The van der Waals surface area contributed by atoms with Gasteiger partial charge in [-0.05, 0) is 47.1 Å². The molecule has 0 amide bonds. The third-order valence-corrected chi connectivity index (χ3v) is 4.67. The van der Waals surface area contributed by atoms with Crippen molar-refractivity contribution in [1.29, 1.82) is 0 Å². The molecule has 0 unspecified atom stereocenters. The second-order valence-corrected chi connectivity index (χ2v) is 5.99. The molecule has 0 fully saturated rings. The molecule has 0 aliphatic carbocycles. The number of hydrogen-bond acceptors (Lipinski definition) is 3. The molecule has 0 bridgehead atoms. The smallest absolute Gasteiger partial charge is 0.144 e. The van der Waals surface area contributed by atoms with Crippen molar-refractivity contribution in [3.05, 3.63) is 66.1 Å². The summed E-state index contributed by atoms with van der Waals surface area (Å²) in [5.74, 6) is 0. The van der Waals surface area contributed by atoms with Crippen LogP contribution in [-0.2, 0) is 0 Å². The van der Waals surface area contributed by atoms with Gasteiger partial charge in [-0.25, -0.2) is 0 Å². The van der Waals surface area contributed by atoms with Crippen molar-refractivity contribution >= 4 is 43.4 Å². The molecule has 3 aromatic heterocycles. The molecule has 5 rings (SSSR count). The zero-order valence-corrected chi connectivity index (χ0v) is 12.1. The topological polar surface area (TPSA) is 26.0 Å². The lowest BCUT2D eigenvalue weighted by Crippen LogP contribution is -1.81. The average molecular weight is 305 g/mol. The number of thiophene rings is 1. The first kappa shape index (κ1) is 8.71. The van der Waals surface area contributed by atoms with Crippen LogP contribution in [0.4, 0.5) is 0 Å². The molecule has 0 spiro atoms. The number of aromatic nitrogens is 1. The largest absolute Gasteiger partial charge is 0.455 e. The highest BCUT2D eigenvalue weighted by atomic mass is 32.1. The Bertz CT molecular complexity index is 1340. The van der Waals surface area contributed by atoms with E-state index in [1.807, 2.05) is 29.6 Å². The first-order chi connectivity index (χ1) is 12.5. The number of benzene rings is 2. The molecule has 0 atom stereocenters. The number of pyridine rings is 1. The first-order valence-electron chi connectivity index (χ1n) is 8.82. The Morgan fingerprint density at radius 2 is 2.09 bits per heavy atom. The summed E-state index contributed by atoms with van der Waals surface area (Å²) < 4.78 is 38.8. The van der Waals surface area contributed by atoms with Gasteiger partial charge in [-0.2, -0.15) is 0 Å². The molecule has 0 aliphatic rings. The number of para-hydroxylation sites is 1. The van der Waals surface area contributed by atoms with E-state index < -0.39 is 0 Å². The van der Waals surface area contributed by atoms with Crippen LogP contribution in [0.3, 0.4) is 0 Å². The van der Waals surface area contributed by atoms with Gasteiger partial charge in [0.1, 0.15) is 11.2 Å². The molecule has 3 heterocycles. The Morgan fingerprint density at radius 3 is 3.09 bits per heavy atom. The predicted molar refractivity (Wildman–Crippen MR) is 92.3 cm³/mol. The molecule has 0 aliphatic heterocycles. The van der Waals surface area contributed by atoms with Crippen molar-refractivity contribution in [2.75, 3.05) is 0 Å². The molecule has 0 saturated carbocycles. The lowest BCUT2D eigenvalue weighted by molar-refractivity contribution is 0.670. The van der Waals surface area contributed by atoms with E-state index in [2.05, 4.69) is 11.1 Å². The molecule has 22 heavy (non-hydrogen) atoms. The van der Waals surface area contributed by atoms with Crippen LogP contribution in [0.2, 0.25) is 0 Å². The Kier molecular flexibility index (Phi) is 1.75.